The number of Topliss-reactive ketones (excluding diaryl/α,β-unsaturated/α-hetero) is 1. The summed E-state index contributed by atoms with van der Waals surface area (Å²) in [6.07, 6.45) is 5.80. The van der Waals surface area contributed by atoms with Crippen molar-refractivity contribution in [2.45, 2.75) is 84.5 Å². The largest absolute Gasteiger partial charge is 0.462 e. The number of aliphatic hydroxyl groups excluding tert-OH is 2. The average molecular weight is 593 g/mol. The van der Waals surface area contributed by atoms with Crippen molar-refractivity contribution in [2.24, 2.45) is 17.3 Å². The van der Waals surface area contributed by atoms with Gasteiger partial charge in [-0.3, -0.25) is 14.4 Å². The Hall–Kier alpha value is -2.20. The standard InChI is InChI=1S/C32H48O8S/c1-5-14-32(2,3)31(37)40-16-15-39-30(36)10-7-17-41-18-13-27-26(28(34)21-29(27)35)12-11-25(33)20-23-8-6-9-24(19-23)22-38-4/h6,8-9,11-12,19,25-28,33-34H,5,7,10,13-18,20-22H2,1-4H3/b12-11+/t25-,26-,27-,28-/m1/s1. The lowest BCUT2D eigenvalue weighted by atomic mass is 9.88. The molecule has 1 aromatic carbocycles. The molecule has 1 aliphatic rings. The highest BCUT2D eigenvalue weighted by molar-refractivity contribution is 7.99. The molecule has 1 aliphatic carbocycles. The van der Waals surface area contributed by atoms with E-state index in [1.54, 1.807) is 31.0 Å². The average Bonchev–Trinajstić information content (AvgIpc) is 3.19. The van der Waals surface area contributed by atoms with Crippen molar-refractivity contribution in [2.75, 3.05) is 31.8 Å². The first-order chi connectivity index (χ1) is 19.6. The third-order valence-corrected chi connectivity index (χ3v) is 8.39. The van der Waals surface area contributed by atoms with E-state index >= 15 is 0 Å². The van der Waals surface area contributed by atoms with Gasteiger partial charge in [0.1, 0.15) is 19.0 Å². The normalized spacial score (nSPS) is 20.0. The lowest BCUT2D eigenvalue weighted by Crippen LogP contribution is -2.27. The van der Waals surface area contributed by atoms with Crippen LogP contribution < -0.4 is 0 Å². The molecule has 1 saturated carbocycles. The number of benzene rings is 1. The minimum Gasteiger partial charge on any atom is -0.462 e. The molecule has 0 saturated heterocycles. The van der Waals surface area contributed by atoms with Gasteiger partial charge >= 0.3 is 11.9 Å². The molecule has 0 spiro atoms. The van der Waals surface area contributed by atoms with E-state index in [1.165, 1.54) is 0 Å². The number of esters is 2. The van der Waals surface area contributed by atoms with Gasteiger partial charge in [-0.25, -0.2) is 0 Å². The zero-order valence-corrected chi connectivity index (χ0v) is 25.8. The lowest BCUT2D eigenvalue weighted by Gasteiger charge is -2.21. The van der Waals surface area contributed by atoms with E-state index in [9.17, 15) is 24.6 Å². The van der Waals surface area contributed by atoms with Crippen molar-refractivity contribution in [1.82, 2.24) is 0 Å². The molecule has 230 valence electrons. The van der Waals surface area contributed by atoms with Crippen LogP contribution in [0.4, 0.5) is 0 Å². The van der Waals surface area contributed by atoms with Crippen LogP contribution in [0.25, 0.3) is 0 Å². The van der Waals surface area contributed by atoms with E-state index in [-0.39, 0.29) is 55.6 Å². The zero-order chi connectivity index (χ0) is 30.3. The molecule has 2 N–H and O–H groups in total. The first-order valence-electron chi connectivity index (χ1n) is 14.6. The predicted molar refractivity (Wildman–Crippen MR) is 160 cm³/mol. The molecule has 8 nitrogen and oxygen atoms in total. The number of thioether (sulfide) groups is 1. The number of rotatable bonds is 19. The van der Waals surface area contributed by atoms with Crippen LogP contribution >= 0.6 is 11.8 Å². The number of hydrogen-bond donors (Lipinski definition) is 2. The Bertz CT molecular complexity index is 992. The van der Waals surface area contributed by atoms with E-state index in [1.807, 2.05) is 45.0 Å². The highest BCUT2D eigenvalue weighted by Crippen LogP contribution is 2.34. The van der Waals surface area contributed by atoms with Gasteiger partial charge in [-0.1, -0.05) is 49.8 Å². The van der Waals surface area contributed by atoms with Crippen LogP contribution in [-0.4, -0.2) is 72.0 Å². The van der Waals surface area contributed by atoms with Crippen LogP contribution in [0.15, 0.2) is 36.4 Å². The van der Waals surface area contributed by atoms with Crippen molar-refractivity contribution in [3.05, 3.63) is 47.5 Å². The summed E-state index contributed by atoms with van der Waals surface area (Å²) in [5, 5.41) is 21.0. The Balaban J connectivity index is 1.65. The molecule has 9 heteroatoms. The summed E-state index contributed by atoms with van der Waals surface area (Å²) in [7, 11) is 1.64. The van der Waals surface area contributed by atoms with Gasteiger partial charge in [-0.2, -0.15) is 11.8 Å². The highest BCUT2D eigenvalue weighted by Gasteiger charge is 2.39. The molecule has 1 aromatic rings. The topological polar surface area (TPSA) is 119 Å². The fourth-order valence-electron chi connectivity index (χ4n) is 5.09. The monoisotopic (exact) mass is 592 g/mol. The fourth-order valence-corrected chi connectivity index (χ4v) is 6.06. The fraction of sp³-hybridized carbons (Fsp3) is 0.656. The molecule has 41 heavy (non-hydrogen) atoms. The van der Waals surface area contributed by atoms with Crippen LogP contribution in [0.2, 0.25) is 0 Å². The Kier molecular flexibility index (Phi) is 15.7. The molecule has 2 rings (SSSR count). The quantitative estimate of drug-likeness (QED) is 0.134. The smallest absolute Gasteiger partial charge is 0.311 e. The minimum absolute atomic E-state index is 0.0514. The van der Waals surface area contributed by atoms with Crippen LogP contribution in [0.5, 0.6) is 0 Å². The zero-order valence-electron chi connectivity index (χ0n) is 25.0. The third-order valence-electron chi connectivity index (χ3n) is 7.29. The predicted octanol–water partition coefficient (Wildman–Crippen LogP) is 4.67. The SMILES string of the molecule is CCCC(C)(C)C(=O)OCCOC(=O)CCCSCC[C@H]1C(=O)C[C@@H](O)[C@@H]1/C=C/[C@@H](O)Cc1cccc(COC)c1. The summed E-state index contributed by atoms with van der Waals surface area (Å²) in [6.45, 7) is 6.33. The maximum absolute atomic E-state index is 12.5. The molecule has 0 aliphatic heterocycles. The Labute approximate surface area is 249 Å². The second-order valence-electron chi connectivity index (χ2n) is 11.3. The summed E-state index contributed by atoms with van der Waals surface area (Å²) in [5.74, 6) is 0.351. The van der Waals surface area contributed by atoms with E-state index in [4.69, 9.17) is 14.2 Å². The highest BCUT2D eigenvalue weighted by atomic mass is 32.2. The van der Waals surface area contributed by atoms with Gasteiger partial charge in [0.15, 0.2) is 0 Å². The van der Waals surface area contributed by atoms with Crippen LogP contribution in [0, 0.1) is 17.3 Å². The van der Waals surface area contributed by atoms with Crippen LogP contribution in [0.3, 0.4) is 0 Å². The van der Waals surface area contributed by atoms with E-state index in [0.29, 0.717) is 25.9 Å². The first kappa shape index (κ1) is 35.0. The number of ketones is 1. The van der Waals surface area contributed by atoms with Gasteiger partial charge in [0.25, 0.3) is 0 Å². The molecule has 0 aromatic heterocycles. The van der Waals surface area contributed by atoms with Crippen molar-refractivity contribution < 1.29 is 38.8 Å². The number of ether oxygens (including phenoxy) is 3. The molecule has 0 amide bonds. The van der Waals surface area contributed by atoms with Crippen LogP contribution in [-0.2, 0) is 41.6 Å². The van der Waals surface area contributed by atoms with E-state index in [2.05, 4.69) is 0 Å². The molecule has 1 fully saturated rings. The minimum atomic E-state index is -0.738. The van der Waals surface area contributed by atoms with E-state index < -0.39 is 17.6 Å². The number of carbonyl (C=O) groups excluding carboxylic acids is 3. The Morgan fingerprint density at radius 1 is 1.17 bits per heavy atom. The van der Waals surface area contributed by atoms with Gasteiger partial charge in [-0.15, -0.1) is 0 Å². The molecular formula is C32H48O8S. The van der Waals surface area contributed by atoms with Crippen molar-refractivity contribution in [1.29, 1.82) is 0 Å². The summed E-state index contributed by atoms with van der Waals surface area (Å²) < 4.78 is 15.6. The van der Waals surface area contributed by atoms with Gasteiger partial charge in [0, 0.05) is 38.2 Å². The van der Waals surface area contributed by atoms with Crippen LogP contribution in [0.1, 0.15) is 70.4 Å². The summed E-state index contributed by atoms with van der Waals surface area (Å²) in [6, 6.07) is 7.87. The number of methoxy groups -OCH3 is 1. The maximum atomic E-state index is 12.5. The second-order valence-corrected chi connectivity index (χ2v) is 12.6. The van der Waals surface area contributed by atoms with Crippen molar-refractivity contribution in [3.63, 3.8) is 0 Å². The molecule has 0 unspecified atom stereocenters. The number of hydrogen-bond acceptors (Lipinski definition) is 9. The summed E-state index contributed by atoms with van der Waals surface area (Å²) in [4.78, 5) is 36.6. The van der Waals surface area contributed by atoms with Gasteiger partial charge < -0.3 is 24.4 Å². The lowest BCUT2D eigenvalue weighted by molar-refractivity contribution is -0.159. The third kappa shape index (κ3) is 12.7. The maximum Gasteiger partial charge on any atom is 0.311 e. The summed E-state index contributed by atoms with van der Waals surface area (Å²) >= 11 is 1.66. The second kappa shape index (κ2) is 18.4. The molecule has 4 atom stereocenters. The number of aliphatic hydroxyl groups is 2. The van der Waals surface area contributed by atoms with Gasteiger partial charge in [0.2, 0.25) is 0 Å². The molecule has 0 bridgehead atoms. The molecule has 0 radical (unpaired) electrons. The molecular weight excluding hydrogens is 544 g/mol. The first-order valence-corrected chi connectivity index (χ1v) is 15.8. The van der Waals surface area contributed by atoms with Gasteiger partial charge in [0.05, 0.1) is 24.2 Å². The van der Waals surface area contributed by atoms with Crippen molar-refractivity contribution in [3.8, 4) is 0 Å². The van der Waals surface area contributed by atoms with Crippen molar-refractivity contribution >= 4 is 29.5 Å². The Morgan fingerprint density at radius 2 is 1.90 bits per heavy atom. The molecule has 0 heterocycles. The van der Waals surface area contributed by atoms with E-state index in [0.717, 1.165) is 35.5 Å². The summed E-state index contributed by atoms with van der Waals surface area (Å²) in [5.41, 5.74) is 1.50. The number of carbonyl (C=O) groups is 3. The Morgan fingerprint density at radius 3 is 2.63 bits per heavy atom. The van der Waals surface area contributed by atoms with Gasteiger partial charge in [-0.05, 0) is 55.7 Å².